The van der Waals surface area contributed by atoms with Gasteiger partial charge in [-0.1, -0.05) is 6.07 Å². The van der Waals surface area contributed by atoms with Gasteiger partial charge in [0.25, 0.3) is 16.0 Å². The summed E-state index contributed by atoms with van der Waals surface area (Å²) in [4.78, 5) is 12.2. The van der Waals surface area contributed by atoms with Crippen LogP contribution in [0.15, 0.2) is 47.4 Å². The Kier molecular flexibility index (Phi) is 4.87. The van der Waals surface area contributed by atoms with Gasteiger partial charge in [0, 0.05) is 5.69 Å². The first-order chi connectivity index (χ1) is 10.9. The SMILES string of the molecule is COc1cccc(OC)c1C(=O)Nc1ccc(S(=O)(=O)O)cc1. The number of nitrogens with one attached hydrogen (secondary N) is 1. The van der Waals surface area contributed by atoms with Crippen LogP contribution in [0.1, 0.15) is 10.4 Å². The summed E-state index contributed by atoms with van der Waals surface area (Å²) in [6, 6.07) is 10.0. The zero-order valence-corrected chi connectivity index (χ0v) is 13.3. The van der Waals surface area contributed by atoms with Gasteiger partial charge in [0.2, 0.25) is 0 Å². The number of amides is 1. The third kappa shape index (κ3) is 3.79. The van der Waals surface area contributed by atoms with E-state index in [1.165, 1.54) is 38.5 Å². The van der Waals surface area contributed by atoms with E-state index in [2.05, 4.69) is 5.32 Å². The Bertz CT molecular complexity index is 792. The summed E-state index contributed by atoms with van der Waals surface area (Å²) in [5, 5.41) is 2.61. The molecule has 8 heteroatoms. The largest absolute Gasteiger partial charge is 0.496 e. The van der Waals surface area contributed by atoms with E-state index in [-0.39, 0.29) is 10.5 Å². The Balaban J connectivity index is 2.29. The zero-order valence-electron chi connectivity index (χ0n) is 12.4. The highest BCUT2D eigenvalue weighted by Crippen LogP contribution is 2.29. The van der Waals surface area contributed by atoms with Crippen LogP contribution in [0.3, 0.4) is 0 Å². The third-order valence-corrected chi connectivity index (χ3v) is 3.93. The molecule has 0 atom stereocenters. The molecule has 0 saturated carbocycles. The molecule has 2 rings (SSSR count). The van der Waals surface area contributed by atoms with Crippen LogP contribution >= 0.6 is 0 Å². The molecule has 0 bridgehead atoms. The fourth-order valence-electron chi connectivity index (χ4n) is 1.98. The van der Waals surface area contributed by atoms with Crippen LogP contribution < -0.4 is 14.8 Å². The van der Waals surface area contributed by atoms with Crippen molar-refractivity contribution in [1.29, 1.82) is 0 Å². The van der Waals surface area contributed by atoms with Gasteiger partial charge < -0.3 is 14.8 Å². The van der Waals surface area contributed by atoms with Crippen LogP contribution in [0.2, 0.25) is 0 Å². The molecular formula is C15H15NO6S. The number of benzene rings is 2. The van der Waals surface area contributed by atoms with E-state index < -0.39 is 16.0 Å². The molecule has 2 N–H and O–H groups in total. The number of rotatable bonds is 5. The lowest BCUT2D eigenvalue weighted by atomic mass is 10.1. The van der Waals surface area contributed by atoms with Crippen molar-refractivity contribution in [2.45, 2.75) is 4.90 Å². The second-order valence-corrected chi connectivity index (χ2v) is 5.91. The maximum atomic E-state index is 12.4. The number of hydrogen-bond donors (Lipinski definition) is 2. The molecule has 0 aliphatic rings. The smallest absolute Gasteiger partial charge is 0.294 e. The van der Waals surface area contributed by atoms with Gasteiger partial charge in [0.15, 0.2) is 0 Å². The Labute approximate surface area is 133 Å². The molecule has 0 unspecified atom stereocenters. The molecule has 0 aliphatic heterocycles. The quantitative estimate of drug-likeness (QED) is 0.811. The van der Waals surface area contributed by atoms with Crippen LogP contribution in [0.5, 0.6) is 11.5 Å². The van der Waals surface area contributed by atoms with Gasteiger partial charge in [0.1, 0.15) is 17.1 Å². The van der Waals surface area contributed by atoms with Gasteiger partial charge >= 0.3 is 0 Å². The predicted molar refractivity (Wildman–Crippen MR) is 83.8 cm³/mol. The summed E-state index contributed by atoms with van der Waals surface area (Å²) in [7, 11) is -1.40. The molecule has 2 aromatic carbocycles. The molecule has 122 valence electrons. The monoisotopic (exact) mass is 337 g/mol. The van der Waals surface area contributed by atoms with Crippen molar-refractivity contribution in [3.63, 3.8) is 0 Å². The van der Waals surface area contributed by atoms with Gasteiger partial charge in [-0.15, -0.1) is 0 Å². The number of ether oxygens (including phenoxy) is 2. The molecule has 1 amide bonds. The predicted octanol–water partition coefficient (Wildman–Crippen LogP) is 2.20. The topological polar surface area (TPSA) is 102 Å². The van der Waals surface area contributed by atoms with Gasteiger partial charge in [-0.2, -0.15) is 8.42 Å². The van der Waals surface area contributed by atoms with Gasteiger partial charge in [-0.25, -0.2) is 0 Å². The first-order valence-electron chi connectivity index (χ1n) is 6.46. The molecule has 0 aliphatic carbocycles. The van der Waals surface area contributed by atoms with Crippen LogP contribution in [0.25, 0.3) is 0 Å². The zero-order chi connectivity index (χ0) is 17.0. The van der Waals surface area contributed by atoms with Crippen molar-refractivity contribution in [3.8, 4) is 11.5 Å². The fourth-order valence-corrected chi connectivity index (χ4v) is 2.46. The molecule has 0 saturated heterocycles. The highest BCUT2D eigenvalue weighted by Gasteiger charge is 2.18. The molecule has 2 aromatic rings. The number of anilines is 1. The average molecular weight is 337 g/mol. The molecule has 0 heterocycles. The standard InChI is InChI=1S/C15H15NO6S/c1-21-12-4-3-5-13(22-2)14(12)15(17)16-10-6-8-11(9-7-10)23(18,19)20/h3-9H,1-2H3,(H,16,17)(H,18,19,20). The van der Waals surface area contributed by atoms with Gasteiger partial charge in [-0.3, -0.25) is 9.35 Å². The Morgan fingerprint density at radius 2 is 1.52 bits per heavy atom. The summed E-state index contributed by atoms with van der Waals surface area (Å²) in [6.45, 7) is 0. The number of methoxy groups -OCH3 is 2. The number of hydrogen-bond acceptors (Lipinski definition) is 5. The molecule has 7 nitrogen and oxygen atoms in total. The molecule has 0 aromatic heterocycles. The van der Waals surface area contributed by atoms with Crippen LogP contribution in [-0.2, 0) is 10.1 Å². The minimum Gasteiger partial charge on any atom is -0.496 e. The fraction of sp³-hybridized carbons (Fsp3) is 0.133. The highest BCUT2D eigenvalue weighted by molar-refractivity contribution is 7.85. The van der Waals surface area contributed by atoms with Crippen molar-refractivity contribution >= 4 is 21.7 Å². The van der Waals surface area contributed by atoms with Crippen molar-refractivity contribution in [2.24, 2.45) is 0 Å². The minimum absolute atomic E-state index is 0.219. The van der Waals surface area contributed by atoms with Crippen LogP contribution in [0.4, 0.5) is 5.69 Å². The second-order valence-electron chi connectivity index (χ2n) is 4.49. The lowest BCUT2D eigenvalue weighted by molar-refractivity contribution is 0.102. The summed E-state index contributed by atoms with van der Waals surface area (Å²) < 4.78 is 41.2. The van der Waals surface area contributed by atoms with Gasteiger partial charge in [-0.05, 0) is 36.4 Å². The highest BCUT2D eigenvalue weighted by atomic mass is 32.2. The molecule has 0 radical (unpaired) electrons. The maximum absolute atomic E-state index is 12.4. The van der Waals surface area contributed by atoms with Crippen LogP contribution in [-0.4, -0.2) is 33.1 Å². The lowest BCUT2D eigenvalue weighted by Gasteiger charge is -2.13. The second kappa shape index (κ2) is 6.67. The lowest BCUT2D eigenvalue weighted by Crippen LogP contribution is -2.14. The van der Waals surface area contributed by atoms with Crippen molar-refractivity contribution in [1.82, 2.24) is 0 Å². The summed E-state index contributed by atoms with van der Waals surface area (Å²) >= 11 is 0. The van der Waals surface area contributed by atoms with Crippen LogP contribution in [0, 0.1) is 0 Å². The Morgan fingerprint density at radius 1 is 1.00 bits per heavy atom. The van der Waals surface area contributed by atoms with E-state index in [1.54, 1.807) is 18.2 Å². The van der Waals surface area contributed by atoms with E-state index in [1.807, 2.05) is 0 Å². The van der Waals surface area contributed by atoms with E-state index in [4.69, 9.17) is 14.0 Å². The van der Waals surface area contributed by atoms with E-state index in [9.17, 15) is 13.2 Å². The normalized spacial score (nSPS) is 10.9. The first kappa shape index (κ1) is 16.8. The van der Waals surface area contributed by atoms with E-state index >= 15 is 0 Å². The van der Waals surface area contributed by atoms with Crippen molar-refractivity contribution < 1.29 is 27.2 Å². The van der Waals surface area contributed by atoms with Crippen molar-refractivity contribution in [3.05, 3.63) is 48.0 Å². The van der Waals surface area contributed by atoms with E-state index in [0.717, 1.165) is 0 Å². The Hall–Kier alpha value is -2.58. The Morgan fingerprint density at radius 3 is 1.96 bits per heavy atom. The number of carbonyl (C=O) groups is 1. The molecule has 0 spiro atoms. The summed E-state index contributed by atoms with van der Waals surface area (Å²) in [5.41, 5.74) is 0.576. The molecule has 0 fully saturated rings. The van der Waals surface area contributed by atoms with E-state index in [0.29, 0.717) is 17.2 Å². The third-order valence-electron chi connectivity index (χ3n) is 3.06. The molecule has 23 heavy (non-hydrogen) atoms. The maximum Gasteiger partial charge on any atom is 0.294 e. The van der Waals surface area contributed by atoms with Crippen molar-refractivity contribution in [2.75, 3.05) is 19.5 Å². The number of carbonyl (C=O) groups excluding carboxylic acids is 1. The van der Waals surface area contributed by atoms with Gasteiger partial charge in [0.05, 0.1) is 19.1 Å². The molecular weight excluding hydrogens is 322 g/mol. The first-order valence-corrected chi connectivity index (χ1v) is 7.90. The summed E-state index contributed by atoms with van der Waals surface area (Å²) in [5.74, 6) is 0.215. The minimum atomic E-state index is -4.27. The summed E-state index contributed by atoms with van der Waals surface area (Å²) in [6.07, 6.45) is 0. The average Bonchev–Trinajstić information content (AvgIpc) is 2.53.